The second-order valence-corrected chi connectivity index (χ2v) is 5.20. The maximum Gasteiger partial charge on any atom is 0.155 e. The van der Waals surface area contributed by atoms with Crippen LogP contribution in [-0.4, -0.2) is 24.3 Å². The molecule has 0 aromatic carbocycles. The lowest BCUT2D eigenvalue weighted by atomic mass is 10.3. The Labute approximate surface area is 124 Å². The number of fused-ring (bicyclic) bond motifs is 1. The molecule has 1 N–H and O–H groups in total. The fraction of sp³-hybridized carbons (Fsp3) is 0.231. The molecule has 0 aliphatic rings. The number of hydrogen-bond acceptors (Lipinski definition) is 5. The molecule has 0 aliphatic carbocycles. The first-order valence-corrected chi connectivity index (χ1v) is 6.98. The van der Waals surface area contributed by atoms with Crippen LogP contribution in [0.5, 0.6) is 0 Å². The first kappa shape index (κ1) is 13.1. The molecular weight excluding hydrogens is 320 g/mol. The van der Waals surface area contributed by atoms with Crippen LogP contribution in [-0.2, 0) is 13.1 Å². The monoisotopic (exact) mass is 332 g/mol. The molecular formula is C13H13BrN6. The van der Waals surface area contributed by atoms with Crippen molar-refractivity contribution >= 4 is 21.6 Å². The second kappa shape index (κ2) is 5.64. The van der Waals surface area contributed by atoms with E-state index in [1.165, 1.54) is 0 Å². The molecule has 0 unspecified atom stereocenters. The third kappa shape index (κ3) is 2.83. The number of hydrogen-bond donors (Lipinski definition) is 1. The molecule has 0 spiro atoms. The standard InChI is InChI=1S/C13H13BrN6/c1-9-16-3-2-10(19-9)4-15-5-11-6-18-13-7-17-12(14)8-20(11)13/h2-3,6-8,15H,4-5H2,1H3. The van der Waals surface area contributed by atoms with Crippen molar-refractivity contribution in [1.29, 1.82) is 0 Å². The van der Waals surface area contributed by atoms with Crippen LogP contribution >= 0.6 is 15.9 Å². The Bertz CT molecular complexity index is 739. The number of aryl methyl sites for hydroxylation is 1. The summed E-state index contributed by atoms with van der Waals surface area (Å²) in [6, 6.07) is 1.91. The summed E-state index contributed by atoms with van der Waals surface area (Å²) >= 11 is 3.37. The zero-order chi connectivity index (χ0) is 13.9. The van der Waals surface area contributed by atoms with E-state index in [4.69, 9.17) is 0 Å². The predicted molar refractivity (Wildman–Crippen MR) is 78.0 cm³/mol. The zero-order valence-corrected chi connectivity index (χ0v) is 12.5. The van der Waals surface area contributed by atoms with E-state index in [2.05, 4.69) is 41.2 Å². The summed E-state index contributed by atoms with van der Waals surface area (Å²) in [6.07, 6.45) is 7.27. The van der Waals surface area contributed by atoms with Gasteiger partial charge in [0.1, 0.15) is 10.4 Å². The van der Waals surface area contributed by atoms with Gasteiger partial charge in [0.15, 0.2) is 5.65 Å². The van der Waals surface area contributed by atoms with Crippen LogP contribution in [0.4, 0.5) is 0 Å². The summed E-state index contributed by atoms with van der Waals surface area (Å²) in [5.74, 6) is 0.786. The van der Waals surface area contributed by atoms with Crippen molar-refractivity contribution in [3.63, 3.8) is 0 Å². The van der Waals surface area contributed by atoms with Crippen molar-refractivity contribution in [2.24, 2.45) is 0 Å². The van der Waals surface area contributed by atoms with E-state index in [1.807, 2.05) is 29.8 Å². The summed E-state index contributed by atoms with van der Waals surface area (Å²) < 4.78 is 2.80. The van der Waals surface area contributed by atoms with Gasteiger partial charge in [-0.05, 0) is 28.9 Å². The topological polar surface area (TPSA) is 68.0 Å². The van der Waals surface area contributed by atoms with Crippen LogP contribution in [0.1, 0.15) is 17.2 Å². The smallest absolute Gasteiger partial charge is 0.155 e. The average Bonchev–Trinajstić information content (AvgIpc) is 2.82. The lowest BCUT2D eigenvalue weighted by Crippen LogP contribution is -2.15. The second-order valence-electron chi connectivity index (χ2n) is 4.39. The highest BCUT2D eigenvalue weighted by atomic mass is 79.9. The van der Waals surface area contributed by atoms with Gasteiger partial charge in [-0.25, -0.2) is 19.9 Å². The Balaban J connectivity index is 1.69. The minimum atomic E-state index is 0.697. The molecule has 3 rings (SSSR count). The lowest BCUT2D eigenvalue weighted by molar-refractivity contribution is 0.659. The minimum Gasteiger partial charge on any atom is -0.306 e. The Hall–Kier alpha value is -1.86. The number of rotatable bonds is 4. The maximum absolute atomic E-state index is 4.35. The van der Waals surface area contributed by atoms with Crippen LogP contribution in [0, 0.1) is 6.92 Å². The molecule has 0 fully saturated rings. The summed E-state index contributed by atoms with van der Waals surface area (Å²) in [4.78, 5) is 16.9. The van der Waals surface area contributed by atoms with Crippen molar-refractivity contribution < 1.29 is 0 Å². The number of nitrogens with zero attached hydrogens (tertiary/aromatic N) is 5. The fourth-order valence-electron chi connectivity index (χ4n) is 1.97. The van der Waals surface area contributed by atoms with Gasteiger partial charge in [0.25, 0.3) is 0 Å². The molecule has 0 amide bonds. The largest absolute Gasteiger partial charge is 0.306 e. The van der Waals surface area contributed by atoms with Crippen molar-refractivity contribution in [3.8, 4) is 0 Å². The molecule has 0 bridgehead atoms. The summed E-state index contributed by atoms with van der Waals surface area (Å²) in [5, 5.41) is 3.36. The number of aromatic nitrogens is 5. The van der Waals surface area contributed by atoms with Gasteiger partial charge < -0.3 is 5.32 Å². The van der Waals surface area contributed by atoms with Crippen molar-refractivity contribution in [1.82, 2.24) is 29.7 Å². The van der Waals surface area contributed by atoms with Crippen molar-refractivity contribution in [3.05, 3.63) is 52.7 Å². The van der Waals surface area contributed by atoms with Gasteiger partial charge in [-0.15, -0.1) is 0 Å². The molecule has 3 aromatic rings. The zero-order valence-electron chi connectivity index (χ0n) is 10.9. The summed E-state index contributed by atoms with van der Waals surface area (Å²) in [7, 11) is 0. The van der Waals surface area contributed by atoms with E-state index < -0.39 is 0 Å². The van der Waals surface area contributed by atoms with Gasteiger partial charge in [0.2, 0.25) is 0 Å². The fourth-order valence-corrected chi connectivity index (χ4v) is 2.28. The van der Waals surface area contributed by atoms with Gasteiger partial charge in [-0.3, -0.25) is 4.40 Å². The summed E-state index contributed by atoms with van der Waals surface area (Å²) in [6.45, 7) is 3.29. The number of imidazole rings is 1. The first-order chi connectivity index (χ1) is 9.72. The molecule has 0 atom stereocenters. The van der Waals surface area contributed by atoms with E-state index in [9.17, 15) is 0 Å². The molecule has 7 heteroatoms. The molecule has 0 saturated heterocycles. The molecule has 6 nitrogen and oxygen atoms in total. The van der Waals surface area contributed by atoms with Gasteiger partial charge in [-0.2, -0.15) is 0 Å². The van der Waals surface area contributed by atoms with E-state index in [0.717, 1.165) is 27.5 Å². The predicted octanol–water partition coefficient (Wildman–Crippen LogP) is 1.88. The Morgan fingerprint density at radius 1 is 1.20 bits per heavy atom. The number of halogens is 1. The quantitative estimate of drug-likeness (QED) is 0.790. The van der Waals surface area contributed by atoms with Gasteiger partial charge >= 0.3 is 0 Å². The molecule has 20 heavy (non-hydrogen) atoms. The van der Waals surface area contributed by atoms with Crippen LogP contribution in [0.3, 0.4) is 0 Å². The Kier molecular flexibility index (Phi) is 3.70. The molecule has 3 heterocycles. The highest BCUT2D eigenvalue weighted by Crippen LogP contribution is 2.10. The highest BCUT2D eigenvalue weighted by Gasteiger charge is 2.04. The molecule has 3 aromatic heterocycles. The van der Waals surface area contributed by atoms with Crippen LogP contribution in [0.2, 0.25) is 0 Å². The van der Waals surface area contributed by atoms with E-state index >= 15 is 0 Å². The maximum atomic E-state index is 4.35. The third-order valence-corrected chi connectivity index (χ3v) is 3.30. The Morgan fingerprint density at radius 2 is 2.10 bits per heavy atom. The van der Waals surface area contributed by atoms with Gasteiger partial charge in [0, 0.05) is 25.5 Å². The molecule has 102 valence electrons. The lowest BCUT2D eigenvalue weighted by Gasteiger charge is -2.05. The van der Waals surface area contributed by atoms with Crippen LogP contribution in [0.15, 0.2) is 35.5 Å². The minimum absolute atomic E-state index is 0.697. The van der Waals surface area contributed by atoms with Crippen molar-refractivity contribution in [2.75, 3.05) is 0 Å². The van der Waals surface area contributed by atoms with E-state index in [-0.39, 0.29) is 0 Å². The van der Waals surface area contributed by atoms with Crippen LogP contribution in [0.25, 0.3) is 5.65 Å². The number of nitrogens with one attached hydrogen (secondary N) is 1. The van der Waals surface area contributed by atoms with Gasteiger partial charge in [-0.1, -0.05) is 0 Å². The average molecular weight is 333 g/mol. The van der Waals surface area contributed by atoms with E-state index in [0.29, 0.717) is 13.1 Å². The molecule has 0 saturated carbocycles. The van der Waals surface area contributed by atoms with E-state index in [1.54, 1.807) is 12.4 Å². The normalized spacial score (nSPS) is 11.1. The Morgan fingerprint density at radius 3 is 2.95 bits per heavy atom. The SMILES string of the molecule is Cc1nccc(CNCc2cnc3cnc(Br)cn23)n1. The molecule has 0 aliphatic heterocycles. The third-order valence-electron chi connectivity index (χ3n) is 2.89. The van der Waals surface area contributed by atoms with Crippen molar-refractivity contribution in [2.45, 2.75) is 20.0 Å². The molecule has 0 radical (unpaired) electrons. The highest BCUT2D eigenvalue weighted by molar-refractivity contribution is 9.10. The van der Waals surface area contributed by atoms with Crippen LogP contribution < -0.4 is 5.32 Å². The van der Waals surface area contributed by atoms with Gasteiger partial charge in [0.05, 0.1) is 23.8 Å². The summed E-state index contributed by atoms with van der Waals surface area (Å²) in [5.41, 5.74) is 2.89. The first-order valence-electron chi connectivity index (χ1n) is 6.19.